The standard InChI is InChI=1S/C24H26N2OS/c27-28(23-16-8-3-9-17-23)19-20-11-10-18-24(20)25-26(21-12-4-1-5-13-21)22-14-6-2-7-15-22/h1-9,12-17,20,24-25H,10-11,18-19H2/t20-,24-,28?/m0/s1. The van der Waals surface area contributed by atoms with Crippen molar-refractivity contribution in [2.24, 2.45) is 5.92 Å². The minimum Gasteiger partial charge on any atom is -0.277 e. The Hall–Kier alpha value is -2.43. The second-order valence-corrected chi connectivity index (χ2v) is 8.75. The third-order valence-corrected chi connectivity index (χ3v) is 6.88. The summed E-state index contributed by atoms with van der Waals surface area (Å²) in [6, 6.07) is 30.9. The van der Waals surface area contributed by atoms with Crippen molar-refractivity contribution in [3.05, 3.63) is 91.0 Å². The fourth-order valence-electron chi connectivity index (χ4n) is 3.89. The number of anilines is 2. The van der Waals surface area contributed by atoms with Gasteiger partial charge < -0.3 is 0 Å². The number of nitrogens with one attached hydrogen (secondary N) is 1. The summed E-state index contributed by atoms with van der Waals surface area (Å²) in [5.74, 6) is 1.11. The van der Waals surface area contributed by atoms with Crippen LogP contribution in [0.1, 0.15) is 19.3 Å². The first-order valence-corrected chi connectivity index (χ1v) is 11.2. The molecular weight excluding hydrogens is 364 g/mol. The van der Waals surface area contributed by atoms with E-state index in [1.807, 2.05) is 42.5 Å². The van der Waals surface area contributed by atoms with Crippen LogP contribution in [0.4, 0.5) is 11.4 Å². The largest absolute Gasteiger partial charge is 0.277 e. The first kappa shape index (κ1) is 18.9. The molecule has 3 aromatic rings. The summed E-state index contributed by atoms with van der Waals surface area (Å²) < 4.78 is 12.8. The lowest BCUT2D eigenvalue weighted by Gasteiger charge is -2.32. The minimum absolute atomic E-state index is 0.313. The van der Waals surface area contributed by atoms with Crippen LogP contribution in [0.5, 0.6) is 0 Å². The van der Waals surface area contributed by atoms with E-state index in [1.165, 1.54) is 6.42 Å². The molecule has 3 nitrogen and oxygen atoms in total. The highest BCUT2D eigenvalue weighted by Crippen LogP contribution is 2.31. The minimum atomic E-state index is -0.956. The van der Waals surface area contributed by atoms with Crippen molar-refractivity contribution >= 4 is 22.2 Å². The number of rotatable bonds is 7. The summed E-state index contributed by atoms with van der Waals surface area (Å²) in [6.07, 6.45) is 3.40. The molecule has 0 saturated heterocycles. The Morgan fingerprint density at radius 1 is 0.786 bits per heavy atom. The smallest absolute Gasteiger partial charge is 0.0577 e. The van der Waals surface area contributed by atoms with Crippen molar-refractivity contribution in [3.63, 3.8) is 0 Å². The van der Waals surface area contributed by atoms with Crippen molar-refractivity contribution in [2.45, 2.75) is 30.2 Å². The maximum atomic E-state index is 12.8. The number of para-hydroxylation sites is 2. The van der Waals surface area contributed by atoms with Crippen molar-refractivity contribution < 1.29 is 4.21 Å². The molecule has 3 aromatic carbocycles. The Labute approximate surface area is 169 Å². The van der Waals surface area contributed by atoms with Crippen LogP contribution in [0.2, 0.25) is 0 Å². The van der Waals surface area contributed by atoms with Gasteiger partial charge in [-0.05, 0) is 55.2 Å². The van der Waals surface area contributed by atoms with Crippen LogP contribution in [0.15, 0.2) is 95.9 Å². The number of hydrazine groups is 1. The number of hydrogen-bond acceptors (Lipinski definition) is 3. The molecule has 0 aliphatic heterocycles. The van der Waals surface area contributed by atoms with Gasteiger partial charge in [-0.1, -0.05) is 61.0 Å². The molecular formula is C24H26N2OS. The molecule has 0 radical (unpaired) electrons. The van der Waals surface area contributed by atoms with E-state index >= 15 is 0 Å². The van der Waals surface area contributed by atoms with Crippen molar-refractivity contribution in [2.75, 3.05) is 10.8 Å². The van der Waals surface area contributed by atoms with E-state index in [0.29, 0.717) is 17.7 Å². The van der Waals surface area contributed by atoms with Crippen LogP contribution in [0.25, 0.3) is 0 Å². The SMILES string of the molecule is O=S(C[C@@H]1CCC[C@@H]1NN(c1ccccc1)c1ccccc1)c1ccccc1. The van der Waals surface area contributed by atoms with Gasteiger partial charge in [0.05, 0.1) is 22.2 Å². The number of hydrogen-bond donors (Lipinski definition) is 1. The second-order valence-electron chi connectivity index (χ2n) is 7.26. The maximum Gasteiger partial charge on any atom is 0.0577 e. The third kappa shape index (κ3) is 4.51. The molecule has 0 aromatic heterocycles. The van der Waals surface area contributed by atoms with Crippen molar-refractivity contribution in [1.82, 2.24) is 5.43 Å². The van der Waals surface area contributed by atoms with Crippen LogP contribution in [0, 0.1) is 5.92 Å². The van der Waals surface area contributed by atoms with Crippen LogP contribution in [-0.4, -0.2) is 16.0 Å². The van der Waals surface area contributed by atoms with Gasteiger partial charge in [0.2, 0.25) is 0 Å². The van der Waals surface area contributed by atoms with Crippen molar-refractivity contribution in [1.29, 1.82) is 0 Å². The Kier molecular flexibility index (Phi) is 6.20. The molecule has 1 aliphatic carbocycles. The molecule has 1 aliphatic rings. The maximum absolute atomic E-state index is 12.8. The molecule has 0 amide bonds. The van der Waals surface area contributed by atoms with Gasteiger partial charge in [0.25, 0.3) is 0 Å². The lowest BCUT2D eigenvalue weighted by molar-refractivity contribution is 0.434. The fraction of sp³-hybridized carbons (Fsp3) is 0.250. The Morgan fingerprint density at radius 2 is 1.32 bits per heavy atom. The quantitative estimate of drug-likeness (QED) is 0.555. The lowest BCUT2D eigenvalue weighted by atomic mass is 10.1. The van der Waals surface area contributed by atoms with Gasteiger partial charge in [0, 0.05) is 16.7 Å². The number of benzene rings is 3. The average Bonchev–Trinajstić information content (AvgIpc) is 3.20. The summed E-state index contributed by atoms with van der Waals surface area (Å²) in [6.45, 7) is 0. The molecule has 1 fully saturated rings. The summed E-state index contributed by atoms with van der Waals surface area (Å²) in [4.78, 5) is 0.927. The molecule has 28 heavy (non-hydrogen) atoms. The van der Waals surface area contributed by atoms with E-state index in [4.69, 9.17) is 0 Å². The van der Waals surface area contributed by atoms with Gasteiger partial charge in [0.15, 0.2) is 0 Å². The molecule has 4 rings (SSSR count). The first-order chi connectivity index (χ1) is 13.8. The summed E-state index contributed by atoms with van der Waals surface area (Å²) >= 11 is 0. The Morgan fingerprint density at radius 3 is 1.89 bits per heavy atom. The van der Waals surface area contributed by atoms with Crippen LogP contribution >= 0.6 is 0 Å². The van der Waals surface area contributed by atoms with Gasteiger partial charge in [-0.15, -0.1) is 0 Å². The van der Waals surface area contributed by atoms with E-state index in [9.17, 15) is 4.21 Å². The highest BCUT2D eigenvalue weighted by Gasteiger charge is 2.30. The van der Waals surface area contributed by atoms with Gasteiger partial charge in [-0.3, -0.25) is 9.22 Å². The zero-order chi connectivity index (χ0) is 19.2. The molecule has 1 unspecified atom stereocenters. The van der Waals surface area contributed by atoms with Gasteiger partial charge in [-0.25, -0.2) is 5.43 Å². The Bertz CT molecular complexity index is 847. The normalized spacial score (nSPS) is 20.0. The third-order valence-electron chi connectivity index (χ3n) is 5.35. The number of nitrogens with zero attached hydrogens (tertiary/aromatic N) is 1. The zero-order valence-electron chi connectivity index (χ0n) is 15.9. The lowest BCUT2D eigenvalue weighted by Crippen LogP contribution is -2.45. The summed E-state index contributed by atoms with van der Waals surface area (Å²) in [5.41, 5.74) is 5.98. The molecule has 4 heteroatoms. The monoisotopic (exact) mass is 390 g/mol. The molecule has 0 heterocycles. The fourth-order valence-corrected chi connectivity index (χ4v) is 5.33. The van der Waals surface area contributed by atoms with Crippen molar-refractivity contribution in [3.8, 4) is 0 Å². The van der Waals surface area contributed by atoms with Crippen LogP contribution in [-0.2, 0) is 10.8 Å². The first-order valence-electron chi connectivity index (χ1n) is 9.91. The molecule has 1 saturated carbocycles. The molecule has 144 valence electrons. The van der Waals surface area contributed by atoms with E-state index in [0.717, 1.165) is 29.1 Å². The average molecular weight is 391 g/mol. The van der Waals surface area contributed by atoms with Gasteiger partial charge >= 0.3 is 0 Å². The van der Waals surface area contributed by atoms with Gasteiger partial charge in [-0.2, -0.15) is 0 Å². The molecule has 0 spiro atoms. The van der Waals surface area contributed by atoms with E-state index in [1.54, 1.807) is 0 Å². The van der Waals surface area contributed by atoms with E-state index in [2.05, 4.69) is 59.0 Å². The van der Waals surface area contributed by atoms with Gasteiger partial charge in [0.1, 0.15) is 0 Å². The van der Waals surface area contributed by atoms with E-state index in [-0.39, 0.29) is 0 Å². The highest BCUT2D eigenvalue weighted by atomic mass is 32.2. The molecule has 3 atom stereocenters. The predicted octanol–water partition coefficient (Wildman–Crippen LogP) is 5.31. The van der Waals surface area contributed by atoms with Crippen LogP contribution < -0.4 is 10.4 Å². The highest BCUT2D eigenvalue weighted by molar-refractivity contribution is 7.85. The predicted molar refractivity (Wildman–Crippen MR) is 117 cm³/mol. The van der Waals surface area contributed by atoms with Crippen LogP contribution in [0.3, 0.4) is 0 Å². The molecule has 1 N–H and O–H groups in total. The summed E-state index contributed by atoms with van der Waals surface area (Å²) in [5, 5.41) is 2.18. The van der Waals surface area contributed by atoms with E-state index < -0.39 is 10.8 Å². The second kappa shape index (κ2) is 9.18. The molecule has 0 bridgehead atoms. The zero-order valence-corrected chi connectivity index (χ0v) is 16.7. The summed E-state index contributed by atoms with van der Waals surface area (Å²) in [7, 11) is -0.956. The topological polar surface area (TPSA) is 32.3 Å². The Balaban J connectivity index is 1.52.